The molecule has 0 bridgehead atoms. The lowest BCUT2D eigenvalue weighted by Gasteiger charge is -2.43. The molecule has 4 rings (SSSR count). The van der Waals surface area contributed by atoms with Gasteiger partial charge in [-0.05, 0) is 27.5 Å². The topological polar surface area (TPSA) is 92.8 Å². The van der Waals surface area contributed by atoms with Crippen molar-refractivity contribution in [2.24, 2.45) is 0 Å². The largest absolute Gasteiger partial charge is 0.405 e. The van der Waals surface area contributed by atoms with Crippen LogP contribution in [0.3, 0.4) is 0 Å². The summed E-state index contributed by atoms with van der Waals surface area (Å²) in [6.07, 6.45) is 0. The number of amides is 2. The van der Waals surface area contributed by atoms with E-state index in [4.69, 9.17) is 28.1 Å². The maximum atomic E-state index is 12.3. The number of fused-ring (bicyclic) bond motifs is 1. The predicted molar refractivity (Wildman–Crippen MR) is 179 cm³/mol. The second-order valence-corrected chi connectivity index (χ2v) is 16.2. The fourth-order valence-electron chi connectivity index (χ4n) is 5.60. The third-order valence-electron chi connectivity index (χ3n) is 7.79. The van der Waals surface area contributed by atoms with Gasteiger partial charge in [0.2, 0.25) is 0 Å². The van der Waals surface area contributed by atoms with Crippen LogP contribution in [-0.4, -0.2) is 104 Å². The summed E-state index contributed by atoms with van der Waals surface area (Å²) in [7, 11) is -2.55. The van der Waals surface area contributed by atoms with E-state index in [1.54, 1.807) is 24.3 Å². The van der Waals surface area contributed by atoms with Crippen molar-refractivity contribution in [1.29, 1.82) is 0 Å². The molecule has 0 unspecified atom stereocenters. The van der Waals surface area contributed by atoms with Gasteiger partial charge in [0, 0.05) is 0 Å². The summed E-state index contributed by atoms with van der Waals surface area (Å²) in [5.41, 5.74) is 0.894. The first kappa shape index (κ1) is 35.6. The molecule has 10 heteroatoms. The van der Waals surface area contributed by atoms with Crippen LogP contribution in [0.5, 0.6) is 0 Å². The van der Waals surface area contributed by atoms with E-state index in [2.05, 4.69) is 69.3 Å². The number of rotatable bonds is 21. The van der Waals surface area contributed by atoms with Gasteiger partial charge in [0.05, 0.1) is 90.3 Å². The molecular weight excluding hydrogens is 602 g/mol. The first-order valence-corrected chi connectivity index (χ1v) is 17.9. The van der Waals surface area contributed by atoms with Crippen molar-refractivity contribution in [2.75, 3.05) is 79.2 Å². The van der Waals surface area contributed by atoms with E-state index >= 15 is 0 Å². The molecule has 3 aromatic carbocycles. The van der Waals surface area contributed by atoms with Crippen LogP contribution in [0.1, 0.15) is 41.5 Å². The van der Waals surface area contributed by atoms with Gasteiger partial charge in [-0.3, -0.25) is 14.5 Å². The fourth-order valence-corrected chi connectivity index (χ4v) is 10.1. The Morgan fingerprint density at radius 1 is 0.500 bits per heavy atom. The van der Waals surface area contributed by atoms with Gasteiger partial charge in [-0.1, -0.05) is 93.6 Å². The minimum Gasteiger partial charge on any atom is -0.405 e. The molecule has 2 amide bonds. The molecule has 0 fully saturated rings. The van der Waals surface area contributed by atoms with Crippen LogP contribution in [0.25, 0.3) is 0 Å². The van der Waals surface area contributed by atoms with Crippen LogP contribution in [0.15, 0.2) is 84.9 Å². The molecule has 0 atom stereocenters. The number of imide groups is 1. The molecular formula is C36H47NO8Si. The highest BCUT2D eigenvalue weighted by molar-refractivity contribution is 6.99. The van der Waals surface area contributed by atoms with Crippen LogP contribution in [-0.2, 0) is 28.1 Å². The molecule has 0 N–H and O–H groups in total. The molecule has 9 nitrogen and oxygen atoms in total. The third-order valence-corrected chi connectivity index (χ3v) is 12.8. The summed E-state index contributed by atoms with van der Waals surface area (Å²) < 4.78 is 34.9. The Labute approximate surface area is 273 Å². The zero-order chi connectivity index (χ0) is 32.7. The van der Waals surface area contributed by atoms with Gasteiger partial charge in [0.25, 0.3) is 20.1 Å². The van der Waals surface area contributed by atoms with E-state index in [1.165, 1.54) is 15.3 Å². The Balaban J connectivity index is 0.990. The number of carbonyl (C=O) groups is 2. The van der Waals surface area contributed by atoms with Gasteiger partial charge in [-0.2, -0.15) is 0 Å². The van der Waals surface area contributed by atoms with Crippen molar-refractivity contribution in [3.63, 3.8) is 0 Å². The van der Waals surface area contributed by atoms with Gasteiger partial charge < -0.3 is 28.1 Å². The van der Waals surface area contributed by atoms with Crippen molar-refractivity contribution in [3.05, 3.63) is 96.1 Å². The summed E-state index contributed by atoms with van der Waals surface area (Å²) in [6.45, 7) is 11.9. The van der Waals surface area contributed by atoms with Crippen LogP contribution >= 0.6 is 0 Å². The molecule has 248 valence electrons. The molecule has 1 aliphatic heterocycles. The van der Waals surface area contributed by atoms with Crippen molar-refractivity contribution in [2.45, 2.75) is 25.8 Å². The first-order chi connectivity index (χ1) is 22.4. The van der Waals surface area contributed by atoms with E-state index in [0.29, 0.717) is 77.2 Å². The van der Waals surface area contributed by atoms with Gasteiger partial charge in [-0.25, -0.2) is 0 Å². The number of hydrogen-bond donors (Lipinski definition) is 0. The van der Waals surface area contributed by atoms with Crippen molar-refractivity contribution >= 4 is 30.5 Å². The lowest BCUT2D eigenvalue weighted by atomic mass is 10.1. The molecule has 1 aliphatic rings. The quantitative estimate of drug-likeness (QED) is 0.0974. The number of benzene rings is 3. The van der Waals surface area contributed by atoms with E-state index < -0.39 is 8.32 Å². The summed E-state index contributed by atoms with van der Waals surface area (Å²) in [5, 5.41) is 2.45. The summed E-state index contributed by atoms with van der Waals surface area (Å²) >= 11 is 0. The second-order valence-electron chi connectivity index (χ2n) is 11.9. The molecule has 1 heterocycles. The highest BCUT2D eigenvalue weighted by Gasteiger charge is 2.50. The van der Waals surface area contributed by atoms with Gasteiger partial charge in [-0.15, -0.1) is 0 Å². The van der Waals surface area contributed by atoms with Crippen molar-refractivity contribution in [1.82, 2.24) is 4.90 Å². The maximum absolute atomic E-state index is 12.3. The molecule has 0 radical (unpaired) electrons. The standard InChI is InChI=1S/C36H47NO8Si/c1-36(2,3)46(30-12-6-4-7-13-30,31-14-8-5-9-15-31)45-29-28-44-27-26-43-25-24-42-23-22-41-21-20-40-19-18-37-34(38)32-16-10-11-17-33(32)35(37)39/h4-17H,18-29H2,1-3H3. The normalized spacial score (nSPS) is 13.4. The minimum atomic E-state index is -2.55. The highest BCUT2D eigenvalue weighted by Crippen LogP contribution is 2.36. The summed E-state index contributed by atoms with van der Waals surface area (Å²) in [6, 6.07) is 28.0. The zero-order valence-electron chi connectivity index (χ0n) is 27.3. The number of nitrogens with zero attached hydrogens (tertiary/aromatic N) is 1. The maximum Gasteiger partial charge on any atom is 0.261 e. The monoisotopic (exact) mass is 649 g/mol. The van der Waals surface area contributed by atoms with Gasteiger partial charge >= 0.3 is 0 Å². The van der Waals surface area contributed by atoms with Gasteiger partial charge in [0.1, 0.15) is 0 Å². The lowest BCUT2D eigenvalue weighted by Crippen LogP contribution is -2.66. The summed E-state index contributed by atoms with van der Waals surface area (Å²) in [5.74, 6) is -0.545. The van der Waals surface area contributed by atoms with Crippen LogP contribution in [0.2, 0.25) is 5.04 Å². The Hall–Kier alpha value is -3.22. The molecule has 3 aromatic rings. The molecule has 0 saturated heterocycles. The SMILES string of the molecule is CC(C)(C)[Si](OCCOCCOCCOCCOCCOCCN1C(=O)c2ccccc2C1=O)(c1ccccc1)c1ccccc1. The average molecular weight is 650 g/mol. The predicted octanol–water partition coefficient (Wildman–Crippen LogP) is 3.94. The minimum absolute atomic E-state index is 0.0651. The Bertz CT molecular complexity index is 1270. The van der Waals surface area contributed by atoms with Crippen LogP contribution < -0.4 is 10.4 Å². The molecule has 46 heavy (non-hydrogen) atoms. The molecule has 0 aliphatic carbocycles. The first-order valence-electron chi connectivity index (χ1n) is 15.9. The fraction of sp³-hybridized carbons (Fsp3) is 0.444. The molecule has 0 aromatic heterocycles. The van der Waals surface area contributed by atoms with E-state index in [1.807, 2.05) is 12.1 Å². The van der Waals surface area contributed by atoms with Crippen LogP contribution in [0.4, 0.5) is 0 Å². The van der Waals surface area contributed by atoms with Gasteiger partial charge in [0.15, 0.2) is 0 Å². The van der Waals surface area contributed by atoms with E-state index in [-0.39, 0.29) is 30.0 Å². The Morgan fingerprint density at radius 2 is 0.848 bits per heavy atom. The Morgan fingerprint density at radius 3 is 1.24 bits per heavy atom. The molecule has 0 saturated carbocycles. The zero-order valence-corrected chi connectivity index (χ0v) is 28.3. The van der Waals surface area contributed by atoms with Crippen molar-refractivity contribution < 1.29 is 37.7 Å². The number of hydrogen-bond acceptors (Lipinski definition) is 8. The lowest BCUT2D eigenvalue weighted by molar-refractivity contribution is -0.0135. The van der Waals surface area contributed by atoms with Crippen LogP contribution in [0, 0.1) is 0 Å². The number of ether oxygens (including phenoxy) is 5. The van der Waals surface area contributed by atoms with Crippen molar-refractivity contribution in [3.8, 4) is 0 Å². The highest BCUT2D eigenvalue weighted by atomic mass is 28.4. The average Bonchev–Trinajstić information content (AvgIpc) is 3.31. The van der Waals surface area contributed by atoms with E-state index in [0.717, 1.165) is 0 Å². The number of carbonyl (C=O) groups excluding carboxylic acids is 2. The third kappa shape index (κ3) is 9.42. The Kier molecular flexibility index (Phi) is 14.1. The molecule has 0 spiro atoms. The second kappa shape index (κ2) is 18.2. The van der Waals surface area contributed by atoms with E-state index in [9.17, 15) is 9.59 Å². The summed E-state index contributed by atoms with van der Waals surface area (Å²) in [4.78, 5) is 25.9. The smallest absolute Gasteiger partial charge is 0.261 e.